The van der Waals surface area contributed by atoms with E-state index in [4.69, 9.17) is 14.2 Å². The van der Waals surface area contributed by atoms with Crippen LogP contribution in [0.2, 0.25) is 0 Å². The van der Waals surface area contributed by atoms with Crippen LogP contribution in [-0.4, -0.2) is 51.2 Å². The number of rotatable bonds is 7. The third kappa shape index (κ3) is 3.73. The Bertz CT molecular complexity index is 210. The second kappa shape index (κ2) is 6.83. The molecule has 1 fully saturated rings. The van der Waals surface area contributed by atoms with E-state index in [1.165, 1.54) is 0 Å². The van der Waals surface area contributed by atoms with Crippen LogP contribution in [0.5, 0.6) is 0 Å². The molecule has 0 aromatic carbocycles. The number of carboxylic acids is 1. The molecule has 0 spiro atoms. The van der Waals surface area contributed by atoms with Crippen LogP contribution >= 0.6 is 0 Å². The van der Waals surface area contributed by atoms with Gasteiger partial charge in [0.25, 0.3) is 0 Å². The molecule has 0 aliphatic carbocycles. The summed E-state index contributed by atoms with van der Waals surface area (Å²) in [4.78, 5) is 11.3. The molecular formula is C11H20O5. The van der Waals surface area contributed by atoms with Gasteiger partial charge in [-0.2, -0.15) is 0 Å². The van der Waals surface area contributed by atoms with Gasteiger partial charge in [-0.3, -0.25) is 4.79 Å². The number of methoxy groups -OCH3 is 1. The first-order valence-electron chi connectivity index (χ1n) is 5.59. The lowest BCUT2D eigenvalue weighted by molar-refractivity contribution is -0.156. The van der Waals surface area contributed by atoms with Crippen LogP contribution < -0.4 is 0 Å². The molecule has 0 aromatic heterocycles. The van der Waals surface area contributed by atoms with E-state index in [9.17, 15) is 9.90 Å². The van der Waals surface area contributed by atoms with Crippen molar-refractivity contribution in [2.75, 3.05) is 40.1 Å². The summed E-state index contributed by atoms with van der Waals surface area (Å²) in [5, 5.41) is 9.26. The Kier molecular flexibility index (Phi) is 5.73. The summed E-state index contributed by atoms with van der Waals surface area (Å²) in [6, 6.07) is 0. The molecule has 0 saturated carbocycles. The number of hydrogen-bond donors (Lipinski definition) is 1. The van der Waals surface area contributed by atoms with Gasteiger partial charge in [0.1, 0.15) is 0 Å². The number of ether oxygens (including phenoxy) is 3. The molecule has 1 N–H and O–H groups in total. The van der Waals surface area contributed by atoms with E-state index in [1.54, 1.807) is 7.11 Å². The number of aliphatic carboxylic acids is 1. The highest BCUT2D eigenvalue weighted by Crippen LogP contribution is 2.34. The fourth-order valence-corrected chi connectivity index (χ4v) is 1.84. The second-order valence-corrected chi connectivity index (χ2v) is 4.05. The first kappa shape index (κ1) is 13.4. The van der Waals surface area contributed by atoms with E-state index in [0.717, 1.165) is 0 Å². The standard InChI is InChI=1S/C11H20O5/c1-14-8-9-16-7-4-11(10(12)13)2-5-15-6-3-11/h2-9H2,1H3,(H,12,13). The molecule has 1 saturated heterocycles. The molecule has 1 rings (SSSR count). The first-order valence-corrected chi connectivity index (χ1v) is 5.59. The summed E-state index contributed by atoms with van der Waals surface area (Å²) in [5.41, 5.74) is -0.647. The summed E-state index contributed by atoms with van der Waals surface area (Å²) in [7, 11) is 1.61. The molecule has 1 aliphatic rings. The van der Waals surface area contributed by atoms with Gasteiger partial charge in [-0.15, -0.1) is 0 Å². The van der Waals surface area contributed by atoms with Gasteiger partial charge in [-0.05, 0) is 19.3 Å². The molecule has 5 heteroatoms. The third-order valence-electron chi connectivity index (χ3n) is 3.06. The maximum atomic E-state index is 11.3. The minimum Gasteiger partial charge on any atom is -0.481 e. The van der Waals surface area contributed by atoms with E-state index in [-0.39, 0.29) is 0 Å². The van der Waals surface area contributed by atoms with Crippen molar-refractivity contribution in [3.63, 3.8) is 0 Å². The van der Waals surface area contributed by atoms with Crippen LogP contribution in [0.4, 0.5) is 0 Å². The Morgan fingerprint density at radius 1 is 1.31 bits per heavy atom. The molecule has 1 heterocycles. The Morgan fingerprint density at radius 3 is 2.56 bits per heavy atom. The predicted molar refractivity (Wildman–Crippen MR) is 57.4 cm³/mol. The molecule has 0 radical (unpaired) electrons. The molecule has 0 aromatic rings. The summed E-state index contributed by atoms with van der Waals surface area (Å²) in [5.74, 6) is -0.730. The van der Waals surface area contributed by atoms with Crippen molar-refractivity contribution in [3.05, 3.63) is 0 Å². The number of carboxylic acid groups (broad SMARTS) is 1. The molecule has 0 unspecified atom stereocenters. The lowest BCUT2D eigenvalue weighted by Gasteiger charge is -2.32. The van der Waals surface area contributed by atoms with Crippen LogP contribution in [0.3, 0.4) is 0 Å². The highest BCUT2D eigenvalue weighted by molar-refractivity contribution is 5.74. The summed E-state index contributed by atoms with van der Waals surface area (Å²) >= 11 is 0. The zero-order chi connectivity index (χ0) is 11.9. The molecule has 0 amide bonds. The van der Waals surface area contributed by atoms with Crippen LogP contribution in [-0.2, 0) is 19.0 Å². The van der Waals surface area contributed by atoms with Crippen molar-refractivity contribution in [3.8, 4) is 0 Å². The zero-order valence-electron chi connectivity index (χ0n) is 9.74. The highest BCUT2D eigenvalue weighted by Gasteiger charge is 2.39. The van der Waals surface area contributed by atoms with E-state index >= 15 is 0 Å². The van der Waals surface area contributed by atoms with Crippen molar-refractivity contribution in [1.29, 1.82) is 0 Å². The lowest BCUT2D eigenvalue weighted by atomic mass is 9.77. The predicted octanol–water partition coefficient (Wildman–Crippen LogP) is 0.921. The molecule has 1 aliphatic heterocycles. The van der Waals surface area contributed by atoms with Crippen LogP contribution in [0, 0.1) is 5.41 Å². The van der Waals surface area contributed by atoms with Crippen molar-refractivity contribution in [1.82, 2.24) is 0 Å². The maximum Gasteiger partial charge on any atom is 0.309 e. The van der Waals surface area contributed by atoms with Gasteiger partial charge in [0.2, 0.25) is 0 Å². The van der Waals surface area contributed by atoms with E-state index in [2.05, 4.69) is 0 Å². The fourth-order valence-electron chi connectivity index (χ4n) is 1.84. The van der Waals surface area contributed by atoms with Gasteiger partial charge >= 0.3 is 5.97 Å². The Labute approximate surface area is 95.7 Å². The summed E-state index contributed by atoms with van der Waals surface area (Å²) in [6.45, 7) is 2.59. The van der Waals surface area contributed by atoms with E-state index in [1.807, 2.05) is 0 Å². The number of hydrogen-bond acceptors (Lipinski definition) is 4. The topological polar surface area (TPSA) is 65.0 Å². The molecule has 0 bridgehead atoms. The fraction of sp³-hybridized carbons (Fsp3) is 0.909. The van der Waals surface area contributed by atoms with Crippen LogP contribution in [0.25, 0.3) is 0 Å². The zero-order valence-corrected chi connectivity index (χ0v) is 9.74. The van der Waals surface area contributed by atoms with Gasteiger partial charge in [0.05, 0.1) is 18.6 Å². The van der Waals surface area contributed by atoms with E-state index < -0.39 is 11.4 Å². The van der Waals surface area contributed by atoms with Crippen molar-refractivity contribution in [2.45, 2.75) is 19.3 Å². The van der Waals surface area contributed by atoms with Gasteiger partial charge in [-0.25, -0.2) is 0 Å². The van der Waals surface area contributed by atoms with Crippen LogP contribution in [0.15, 0.2) is 0 Å². The van der Waals surface area contributed by atoms with Crippen molar-refractivity contribution in [2.24, 2.45) is 5.41 Å². The normalized spacial score (nSPS) is 19.6. The first-order chi connectivity index (χ1) is 7.71. The minimum absolute atomic E-state index is 0.468. The Hall–Kier alpha value is -0.650. The lowest BCUT2D eigenvalue weighted by Crippen LogP contribution is -2.38. The number of carbonyl (C=O) groups is 1. The summed E-state index contributed by atoms with van der Waals surface area (Å²) in [6.07, 6.45) is 1.71. The highest BCUT2D eigenvalue weighted by atomic mass is 16.5. The van der Waals surface area contributed by atoms with Crippen molar-refractivity contribution >= 4 is 5.97 Å². The molecular weight excluding hydrogens is 212 g/mol. The Balaban J connectivity index is 2.30. The van der Waals surface area contributed by atoms with Gasteiger partial charge in [0.15, 0.2) is 0 Å². The average molecular weight is 232 g/mol. The second-order valence-electron chi connectivity index (χ2n) is 4.05. The average Bonchev–Trinajstić information content (AvgIpc) is 2.30. The largest absolute Gasteiger partial charge is 0.481 e. The van der Waals surface area contributed by atoms with Gasteiger partial charge < -0.3 is 19.3 Å². The molecule has 0 atom stereocenters. The molecule has 16 heavy (non-hydrogen) atoms. The summed E-state index contributed by atoms with van der Waals surface area (Å²) < 4.78 is 15.4. The Morgan fingerprint density at radius 2 is 2.00 bits per heavy atom. The third-order valence-corrected chi connectivity index (χ3v) is 3.06. The molecule has 94 valence electrons. The van der Waals surface area contributed by atoms with Crippen molar-refractivity contribution < 1.29 is 24.1 Å². The van der Waals surface area contributed by atoms with Crippen LogP contribution in [0.1, 0.15) is 19.3 Å². The smallest absolute Gasteiger partial charge is 0.309 e. The molecule has 5 nitrogen and oxygen atoms in total. The van der Waals surface area contributed by atoms with Gasteiger partial charge in [0, 0.05) is 26.9 Å². The quantitative estimate of drug-likeness (QED) is 0.661. The SMILES string of the molecule is COCCOCCC1(C(=O)O)CCOCC1. The van der Waals surface area contributed by atoms with Gasteiger partial charge in [-0.1, -0.05) is 0 Å². The maximum absolute atomic E-state index is 11.3. The van der Waals surface area contributed by atoms with E-state index in [0.29, 0.717) is 52.3 Å². The monoisotopic (exact) mass is 232 g/mol. The minimum atomic E-state index is -0.730.